The van der Waals surface area contributed by atoms with Crippen molar-refractivity contribution >= 4 is 39.3 Å². The van der Waals surface area contributed by atoms with Crippen molar-refractivity contribution in [3.05, 3.63) is 29.3 Å². The van der Waals surface area contributed by atoms with Crippen LogP contribution in [0.3, 0.4) is 0 Å². The van der Waals surface area contributed by atoms with Gasteiger partial charge in [0.25, 0.3) is 0 Å². The van der Waals surface area contributed by atoms with Crippen LogP contribution in [-0.2, 0) is 20.8 Å². The molecule has 1 N–H and O–H groups in total. The third kappa shape index (κ3) is 3.97. The molecule has 126 valence electrons. The van der Waals surface area contributed by atoms with Gasteiger partial charge in [0.15, 0.2) is 0 Å². The Kier molecular flexibility index (Phi) is 5.20. The molecule has 7 heteroatoms. The third-order valence-corrected chi connectivity index (χ3v) is 5.04. The largest absolute Gasteiger partial charge is 0.356 e. The van der Waals surface area contributed by atoms with Crippen molar-refractivity contribution in [1.82, 2.24) is 15.2 Å². The number of amides is 3. The fourth-order valence-electron chi connectivity index (χ4n) is 2.67. The number of hydrogen-bond acceptors (Lipinski definition) is 5. The van der Waals surface area contributed by atoms with E-state index in [1.54, 1.807) is 11.3 Å². The van der Waals surface area contributed by atoms with Gasteiger partial charge < -0.3 is 5.32 Å². The molecule has 1 saturated heterocycles. The van der Waals surface area contributed by atoms with Crippen molar-refractivity contribution in [3.8, 4) is 0 Å². The lowest BCUT2D eigenvalue weighted by atomic mass is 10.3. The summed E-state index contributed by atoms with van der Waals surface area (Å²) in [5.74, 6) is -0.487. The summed E-state index contributed by atoms with van der Waals surface area (Å²) in [6.07, 6.45) is 2.33. The van der Waals surface area contributed by atoms with Crippen LogP contribution in [0.5, 0.6) is 0 Å². The highest BCUT2D eigenvalue weighted by atomic mass is 32.1. The zero-order valence-corrected chi connectivity index (χ0v) is 14.1. The molecule has 0 unspecified atom stereocenters. The molecule has 1 aromatic heterocycles. The Morgan fingerprint density at radius 1 is 1.21 bits per heavy atom. The average Bonchev–Trinajstić information content (AvgIpc) is 3.13. The summed E-state index contributed by atoms with van der Waals surface area (Å²) < 4.78 is 1.18. The molecule has 3 amide bonds. The Bertz CT molecular complexity index is 722. The minimum absolute atomic E-state index is 0.133. The lowest BCUT2D eigenvalue weighted by Crippen LogP contribution is -2.34. The topological polar surface area (TPSA) is 79.4 Å². The molecule has 1 aliphatic heterocycles. The first-order chi connectivity index (χ1) is 11.6. The third-order valence-electron chi connectivity index (χ3n) is 3.95. The van der Waals surface area contributed by atoms with Gasteiger partial charge in [-0.2, -0.15) is 0 Å². The summed E-state index contributed by atoms with van der Waals surface area (Å²) in [6.45, 7) is 0.748. The molecule has 3 rings (SSSR count). The molecular formula is C17H19N3O3S. The number of thiazole rings is 1. The Morgan fingerprint density at radius 2 is 1.96 bits per heavy atom. The second-order valence-corrected chi connectivity index (χ2v) is 6.83. The van der Waals surface area contributed by atoms with E-state index in [1.165, 1.54) is 9.60 Å². The average molecular weight is 345 g/mol. The summed E-state index contributed by atoms with van der Waals surface area (Å²) in [5.41, 5.74) is 1.02. The molecule has 0 spiro atoms. The second kappa shape index (κ2) is 7.53. The van der Waals surface area contributed by atoms with E-state index in [4.69, 9.17) is 0 Å². The van der Waals surface area contributed by atoms with Gasteiger partial charge in [0.1, 0.15) is 0 Å². The molecule has 1 aliphatic rings. The van der Waals surface area contributed by atoms with E-state index < -0.39 is 0 Å². The normalized spacial score (nSPS) is 14.6. The van der Waals surface area contributed by atoms with E-state index in [-0.39, 0.29) is 43.5 Å². The highest BCUT2D eigenvalue weighted by molar-refractivity contribution is 7.18. The molecule has 0 bridgehead atoms. The zero-order chi connectivity index (χ0) is 16.9. The molecule has 0 atom stereocenters. The van der Waals surface area contributed by atoms with Gasteiger partial charge >= 0.3 is 0 Å². The van der Waals surface area contributed by atoms with Crippen molar-refractivity contribution in [1.29, 1.82) is 0 Å². The number of para-hydroxylation sites is 1. The maximum atomic E-state index is 11.8. The Hall–Kier alpha value is -2.28. The smallest absolute Gasteiger partial charge is 0.229 e. The number of nitrogens with one attached hydrogen (secondary N) is 1. The van der Waals surface area contributed by atoms with Crippen LogP contribution in [-0.4, -0.2) is 40.7 Å². The summed E-state index contributed by atoms with van der Waals surface area (Å²) in [7, 11) is 0. The number of aryl methyl sites for hydroxylation is 1. The molecule has 1 aromatic carbocycles. The second-order valence-electron chi connectivity index (χ2n) is 5.72. The SMILES string of the molecule is O=C(CCN1C(=O)CCC1=O)NCCCc1nc2ccccc2s1. The predicted octanol–water partition coefficient (Wildman–Crippen LogP) is 1.88. The minimum Gasteiger partial charge on any atom is -0.356 e. The number of carbonyl (C=O) groups is 3. The quantitative estimate of drug-likeness (QED) is 0.614. The predicted molar refractivity (Wildman–Crippen MR) is 91.5 cm³/mol. The van der Waals surface area contributed by atoms with Crippen LogP contribution in [0.1, 0.15) is 30.7 Å². The monoisotopic (exact) mass is 345 g/mol. The molecule has 2 aromatic rings. The fourth-order valence-corrected chi connectivity index (χ4v) is 3.68. The number of benzene rings is 1. The van der Waals surface area contributed by atoms with E-state index in [0.717, 1.165) is 23.4 Å². The van der Waals surface area contributed by atoms with Crippen LogP contribution in [0.2, 0.25) is 0 Å². The number of nitrogens with zero attached hydrogens (tertiary/aromatic N) is 2. The Morgan fingerprint density at radius 3 is 2.71 bits per heavy atom. The van der Waals surface area contributed by atoms with Crippen LogP contribution in [0.25, 0.3) is 10.2 Å². The van der Waals surface area contributed by atoms with Gasteiger partial charge in [-0.15, -0.1) is 11.3 Å². The lowest BCUT2D eigenvalue weighted by Gasteiger charge is -2.13. The fraction of sp³-hybridized carbons (Fsp3) is 0.412. The zero-order valence-electron chi connectivity index (χ0n) is 13.3. The first kappa shape index (κ1) is 16.6. The van der Waals surface area contributed by atoms with Crippen molar-refractivity contribution in [3.63, 3.8) is 0 Å². The number of fused-ring (bicyclic) bond motifs is 1. The van der Waals surface area contributed by atoms with Crippen molar-refractivity contribution < 1.29 is 14.4 Å². The van der Waals surface area contributed by atoms with Gasteiger partial charge in [0.2, 0.25) is 17.7 Å². The maximum absolute atomic E-state index is 11.8. The minimum atomic E-state index is -0.177. The van der Waals surface area contributed by atoms with Crippen LogP contribution < -0.4 is 5.32 Å². The van der Waals surface area contributed by atoms with Crippen LogP contribution in [0.15, 0.2) is 24.3 Å². The van der Waals surface area contributed by atoms with Gasteiger partial charge in [-0.05, 0) is 18.6 Å². The molecule has 0 saturated carbocycles. The molecule has 2 heterocycles. The summed E-state index contributed by atoms with van der Waals surface area (Å²) in [6, 6.07) is 8.03. The number of rotatable bonds is 7. The van der Waals surface area contributed by atoms with Gasteiger partial charge in [0, 0.05) is 38.8 Å². The highest BCUT2D eigenvalue weighted by Gasteiger charge is 2.28. The first-order valence-corrected chi connectivity index (χ1v) is 8.89. The number of aromatic nitrogens is 1. The molecule has 0 radical (unpaired) electrons. The number of likely N-dealkylation sites (tertiary alicyclic amines) is 1. The van der Waals surface area contributed by atoms with Gasteiger partial charge in [0.05, 0.1) is 15.2 Å². The molecule has 6 nitrogen and oxygen atoms in total. The maximum Gasteiger partial charge on any atom is 0.229 e. The van der Waals surface area contributed by atoms with Gasteiger partial charge in [-0.3, -0.25) is 19.3 Å². The Balaban J connectivity index is 1.36. The van der Waals surface area contributed by atoms with Gasteiger partial charge in [-0.25, -0.2) is 4.98 Å². The highest BCUT2D eigenvalue weighted by Crippen LogP contribution is 2.22. The standard InChI is InChI=1S/C17H19N3O3S/c21-14(9-11-20-16(22)7-8-17(20)23)18-10-3-6-15-19-12-4-1-2-5-13(12)24-15/h1-2,4-5H,3,6-11H2,(H,18,21). The number of imide groups is 1. The summed E-state index contributed by atoms with van der Waals surface area (Å²) >= 11 is 1.68. The summed E-state index contributed by atoms with van der Waals surface area (Å²) in [4.78, 5) is 40.4. The van der Waals surface area contributed by atoms with E-state index in [1.807, 2.05) is 18.2 Å². The van der Waals surface area contributed by atoms with Crippen molar-refractivity contribution in [2.45, 2.75) is 32.1 Å². The van der Waals surface area contributed by atoms with Crippen LogP contribution in [0, 0.1) is 0 Å². The van der Waals surface area contributed by atoms with Crippen molar-refractivity contribution in [2.24, 2.45) is 0 Å². The number of hydrogen-bond donors (Lipinski definition) is 1. The van der Waals surface area contributed by atoms with E-state index in [9.17, 15) is 14.4 Å². The lowest BCUT2D eigenvalue weighted by molar-refractivity contribution is -0.138. The van der Waals surface area contributed by atoms with E-state index in [2.05, 4.69) is 16.4 Å². The van der Waals surface area contributed by atoms with Crippen LogP contribution >= 0.6 is 11.3 Å². The van der Waals surface area contributed by atoms with E-state index >= 15 is 0 Å². The molecular weight excluding hydrogens is 326 g/mol. The summed E-state index contributed by atoms with van der Waals surface area (Å²) in [5, 5.41) is 3.90. The molecule has 24 heavy (non-hydrogen) atoms. The van der Waals surface area contributed by atoms with E-state index in [0.29, 0.717) is 6.54 Å². The van der Waals surface area contributed by atoms with Crippen LogP contribution in [0.4, 0.5) is 0 Å². The van der Waals surface area contributed by atoms with Gasteiger partial charge in [-0.1, -0.05) is 12.1 Å². The Labute approximate surface area is 143 Å². The number of carbonyl (C=O) groups excluding carboxylic acids is 3. The van der Waals surface area contributed by atoms with Crippen molar-refractivity contribution in [2.75, 3.05) is 13.1 Å². The molecule has 1 fully saturated rings. The molecule has 0 aliphatic carbocycles. The first-order valence-electron chi connectivity index (χ1n) is 8.08.